The quantitative estimate of drug-likeness (QED) is 0.544. The van der Waals surface area contributed by atoms with Crippen molar-refractivity contribution in [2.45, 2.75) is 46.6 Å². The molecule has 0 spiro atoms. The van der Waals surface area contributed by atoms with Crippen LogP contribution in [0, 0.1) is 0 Å². The number of para-hydroxylation sites is 1. The van der Waals surface area contributed by atoms with E-state index in [1.807, 2.05) is 24.8 Å². The van der Waals surface area contributed by atoms with Crippen molar-refractivity contribution in [3.63, 3.8) is 0 Å². The fourth-order valence-electron chi connectivity index (χ4n) is 3.08. The van der Waals surface area contributed by atoms with E-state index in [1.165, 1.54) is 0 Å². The molecule has 0 saturated heterocycles. The standard InChI is InChI=1S/C24H31N3O3S/c1-5-15-27(16-6-2)23(29)18-11-13-19(14-12-18)25-24(31)26-22(28)20-9-7-8-10-21(20)30-17(3)4/h7-14,17H,5-6,15-16H2,1-4H3,(H2,25,26,28,31). The van der Waals surface area contributed by atoms with E-state index in [4.69, 9.17) is 17.0 Å². The Hall–Kier alpha value is -2.93. The molecule has 0 radical (unpaired) electrons. The zero-order valence-corrected chi connectivity index (χ0v) is 19.4. The van der Waals surface area contributed by atoms with Crippen LogP contribution in [0.25, 0.3) is 0 Å². The Balaban J connectivity index is 2.00. The van der Waals surface area contributed by atoms with Gasteiger partial charge < -0.3 is 15.0 Å². The predicted octanol–water partition coefficient (Wildman–Crippen LogP) is 4.86. The topological polar surface area (TPSA) is 70.7 Å². The zero-order chi connectivity index (χ0) is 22.8. The van der Waals surface area contributed by atoms with Crippen molar-refractivity contribution in [1.82, 2.24) is 10.2 Å². The van der Waals surface area contributed by atoms with E-state index in [0.29, 0.717) is 22.6 Å². The van der Waals surface area contributed by atoms with Gasteiger partial charge in [0.2, 0.25) is 0 Å². The van der Waals surface area contributed by atoms with Crippen LogP contribution in [0.3, 0.4) is 0 Å². The second kappa shape index (κ2) is 12.1. The number of nitrogens with zero attached hydrogens (tertiary/aromatic N) is 1. The molecule has 0 unspecified atom stereocenters. The number of carbonyl (C=O) groups is 2. The summed E-state index contributed by atoms with van der Waals surface area (Å²) in [5, 5.41) is 5.82. The van der Waals surface area contributed by atoms with Gasteiger partial charge >= 0.3 is 0 Å². The Labute approximate surface area is 190 Å². The minimum atomic E-state index is -0.352. The summed E-state index contributed by atoms with van der Waals surface area (Å²) in [6, 6.07) is 14.1. The molecule has 31 heavy (non-hydrogen) atoms. The summed E-state index contributed by atoms with van der Waals surface area (Å²) in [5.41, 5.74) is 1.72. The first-order valence-electron chi connectivity index (χ1n) is 10.6. The lowest BCUT2D eigenvalue weighted by Crippen LogP contribution is -2.34. The van der Waals surface area contributed by atoms with Crippen LogP contribution in [0.1, 0.15) is 61.3 Å². The van der Waals surface area contributed by atoms with E-state index in [2.05, 4.69) is 24.5 Å². The van der Waals surface area contributed by atoms with Crippen molar-refractivity contribution in [1.29, 1.82) is 0 Å². The molecule has 2 rings (SSSR count). The van der Waals surface area contributed by atoms with Crippen LogP contribution < -0.4 is 15.4 Å². The van der Waals surface area contributed by atoms with Crippen molar-refractivity contribution in [3.8, 4) is 5.75 Å². The highest BCUT2D eigenvalue weighted by molar-refractivity contribution is 7.80. The molecular weight excluding hydrogens is 410 g/mol. The van der Waals surface area contributed by atoms with Crippen LogP contribution >= 0.6 is 12.2 Å². The average Bonchev–Trinajstić information content (AvgIpc) is 2.73. The van der Waals surface area contributed by atoms with E-state index >= 15 is 0 Å². The number of nitrogens with one attached hydrogen (secondary N) is 2. The summed E-state index contributed by atoms with van der Waals surface area (Å²) >= 11 is 5.28. The number of hydrogen-bond acceptors (Lipinski definition) is 4. The number of thiocarbonyl (C=S) groups is 1. The van der Waals surface area contributed by atoms with Crippen LogP contribution in [-0.4, -0.2) is 41.0 Å². The smallest absolute Gasteiger partial charge is 0.261 e. The Kier molecular flexibility index (Phi) is 9.46. The Morgan fingerprint density at radius 3 is 2.19 bits per heavy atom. The molecule has 0 heterocycles. The van der Waals surface area contributed by atoms with Gasteiger partial charge in [-0.3, -0.25) is 14.9 Å². The Morgan fingerprint density at radius 1 is 1.00 bits per heavy atom. The summed E-state index contributed by atoms with van der Waals surface area (Å²) in [6.07, 6.45) is 1.79. The number of benzene rings is 2. The molecule has 7 heteroatoms. The van der Waals surface area contributed by atoms with Crippen molar-refractivity contribution in [2.75, 3.05) is 18.4 Å². The molecule has 0 aliphatic rings. The van der Waals surface area contributed by atoms with Gasteiger partial charge in [0.1, 0.15) is 5.75 Å². The zero-order valence-electron chi connectivity index (χ0n) is 18.6. The largest absolute Gasteiger partial charge is 0.490 e. The third-order valence-corrected chi connectivity index (χ3v) is 4.59. The number of carbonyl (C=O) groups excluding carboxylic acids is 2. The first-order valence-corrected chi connectivity index (χ1v) is 11.0. The molecule has 0 fully saturated rings. The van der Waals surface area contributed by atoms with Gasteiger partial charge in [-0.15, -0.1) is 0 Å². The maximum Gasteiger partial charge on any atom is 0.261 e. The molecule has 2 aromatic rings. The highest BCUT2D eigenvalue weighted by Gasteiger charge is 2.16. The minimum absolute atomic E-state index is 0.0212. The highest BCUT2D eigenvalue weighted by atomic mass is 32.1. The van der Waals surface area contributed by atoms with Crippen LogP contribution in [0.2, 0.25) is 0 Å². The van der Waals surface area contributed by atoms with Gasteiger partial charge in [-0.05, 0) is 75.3 Å². The normalized spacial score (nSPS) is 10.5. The molecule has 0 atom stereocenters. The van der Waals surface area contributed by atoms with Crippen molar-refractivity contribution in [3.05, 3.63) is 59.7 Å². The maximum absolute atomic E-state index is 12.7. The first kappa shape index (κ1) is 24.3. The molecule has 2 amide bonds. The SMILES string of the molecule is CCCN(CCC)C(=O)c1ccc(NC(=S)NC(=O)c2ccccc2OC(C)C)cc1. The molecule has 2 aromatic carbocycles. The van der Waals surface area contributed by atoms with Crippen molar-refractivity contribution < 1.29 is 14.3 Å². The lowest BCUT2D eigenvalue weighted by molar-refractivity contribution is 0.0755. The monoisotopic (exact) mass is 441 g/mol. The van der Waals surface area contributed by atoms with Gasteiger partial charge in [0.15, 0.2) is 5.11 Å². The molecule has 0 bridgehead atoms. The van der Waals surface area contributed by atoms with E-state index in [1.54, 1.807) is 42.5 Å². The van der Waals surface area contributed by atoms with E-state index in [0.717, 1.165) is 25.9 Å². The summed E-state index contributed by atoms with van der Waals surface area (Å²) in [6.45, 7) is 9.41. The van der Waals surface area contributed by atoms with Crippen LogP contribution in [0.4, 0.5) is 5.69 Å². The second-order valence-corrected chi connectivity index (χ2v) is 7.85. The van der Waals surface area contributed by atoms with E-state index < -0.39 is 0 Å². The molecule has 6 nitrogen and oxygen atoms in total. The molecule has 0 aliphatic carbocycles. The number of anilines is 1. The Morgan fingerprint density at radius 2 is 1.61 bits per heavy atom. The molecule has 2 N–H and O–H groups in total. The summed E-state index contributed by atoms with van der Waals surface area (Å²) in [7, 11) is 0. The van der Waals surface area contributed by atoms with Crippen LogP contribution in [0.5, 0.6) is 5.75 Å². The molecule has 166 valence electrons. The van der Waals surface area contributed by atoms with Crippen LogP contribution in [0.15, 0.2) is 48.5 Å². The van der Waals surface area contributed by atoms with Gasteiger partial charge in [0.05, 0.1) is 11.7 Å². The lowest BCUT2D eigenvalue weighted by atomic mass is 10.1. The lowest BCUT2D eigenvalue weighted by Gasteiger charge is -2.21. The van der Waals surface area contributed by atoms with Gasteiger partial charge in [0.25, 0.3) is 11.8 Å². The average molecular weight is 442 g/mol. The predicted molar refractivity (Wildman–Crippen MR) is 129 cm³/mol. The summed E-state index contributed by atoms with van der Waals surface area (Å²) < 4.78 is 5.70. The third kappa shape index (κ3) is 7.36. The molecule has 0 aromatic heterocycles. The van der Waals surface area contributed by atoms with Crippen LogP contribution in [-0.2, 0) is 0 Å². The first-order chi connectivity index (χ1) is 14.8. The van der Waals surface area contributed by atoms with Crippen molar-refractivity contribution in [2.24, 2.45) is 0 Å². The number of hydrogen-bond donors (Lipinski definition) is 2. The van der Waals surface area contributed by atoms with Gasteiger partial charge in [0, 0.05) is 24.3 Å². The maximum atomic E-state index is 12.7. The number of rotatable bonds is 9. The molecule has 0 saturated carbocycles. The van der Waals surface area contributed by atoms with Gasteiger partial charge in [-0.2, -0.15) is 0 Å². The van der Waals surface area contributed by atoms with Crippen molar-refractivity contribution >= 4 is 34.8 Å². The Bertz CT molecular complexity index is 891. The fraction of sp³-hybridized carbons (Fsp3) is 0.375. The summed E-state index contributed by atoms with van der Waals surface area (Å²) in [5.74, 6) is 0.174. The molecular formula is C24H31N3O3S. The van der Waals surface area contributed by atoms with E-state index in [-0.39, 0.29) is 23.0 Å². The van der Waals surface area contributed by atoms with Gasteiger partial charge in [-0.25, -0.2) is 0 Å². The fourth-order valence-corrected chi connectivity index (χ4v) is 3.29. The second-order valence-electron chi connectivity index (χ2n) is 7.44. The molecule has 0 aliphatic heterocycles. The minimum Gasteiger partial charge on any atom is -0.490 e. The summed E-state index contributed by atoms with van der Waals surface area (Å²) in [4.78, 5) is 27.2. The highest BCUT2D eigenvalue weighted by Crippen LogP contribution is 2.19. The number of amides is 2. The third-order valence-electron chi connectivity index (χ3n) is 4.39. The number of ether oxygens (including phenoxy) is 1. The van der Waals surface area contributed by atoms with E-state index in [9.17, 15) is 9.59 Å². The van der Waals surface area contributed by atoms with Gasteiger partial charge in [-0.1, -0.05) is 26.0 Å².